The maximum Gasteiger partial charge on any atom is 0.312 e. The van der Waals surface area contributed by atoms with Gasteiger partial charge in [-0.3, -0.25) is 4.79 Å². The zero-order chi connectivity index (χ0) is 25.1. The number of carbonyl (C=O) groups is 1. The summed E-state index contributed by atoms with van der Waals surface area (Å²) < 4.78 is 12.7. The molecule has 35 heavy (non-hydrogen) atoms. The van der Waals surface area contributed by atoms with Gasteiger partial charge in [0, 0.05) is 42.7 Å². The molecule has 5 heteroatoms. The molecule has 5 rings (SSSR count). The Morgan fingerprint density at radius 3 is 2.57 bits per heavy atom. The minimum atomic E-state index is -0.706. The number of anilines is 1. The summed E-state index contributed by atoms with van der Waals surface area (Å²) in [5.41, 5.74) is 8.38. The molecule has 0 amide bonds. The Labute approximate surface area is 209 Å². The van der Waals surface area contributed by atoms with Crippen LogP contribution in [0, 0.1) is 12.8 Å². The molecule has 5 nitrogen and oxygen atoms in total. The smallest absolute Gasteiger partial charge is 0.312 e. The number of aliphatic hydroxyl groups is 1. The highest BCUT2D eigenvalue weighted by Crippen LogP contribution is 2.53. The van der Waals surface area contributed by atoms with E-state index in [-0.39, 0.29) is 17.5 Å². The second-order valence-electron chi connectivity index (χ2n) is 11.5. The van der Waals surface area contributed by atoms with Crippen molar-refractivity contribution < 1.29 is 19.4 Å². The van der Waals surface area contributed by atoms with Gasteiger partial charge in [0.25, 0.3) is 0 Å². The summed E-state index contributed by atoms with van der Waals surface area (Å²) in [5.74, 6) is 0.319. The van der Waals surface area contributed by atoms with Crippen LogP contribution in [0.4, 0.5) is 5.69 Å². The first-order valence-electron chi connectivity index (χ1n) is 13.2. The van der Waals surface area contributed by atoms with Crippen molar-refractivity contribution in [3.63, 3.8) is 0 Å². The Bertz CT molecular complexity index is 1150. The van der Waals surface area contributed by atoms with E-state index in [2.05, 4.69) is 63.8 Å². The summed E-state index contributed by atoms with van der Waals surface area (Å²) in [6, 6.07) is 8.71. The fraction of sp³-hybridized carbons (Fsp3) is 0.567. The van der Waals surface area contributed by atoms with Crippen molar-refractivity contribution in [2.45, 2.75) is 97.5 Å². The number of benzene rings is 2. The molecule has 0 bridgehead atoms. The quantitative estimate of drug-likeness (QED) is 0.567. The third kappa shape index (κ3) is 4.12. The largest absolute Gasteiger partial charge is 0.487 e. The molecule has 188 valence electrons. The third-order valence-corrected chi connectivity index (χ3v) is 8.12. The van der Waals surface area contributed by atoms with Crippen LogP contribution in [0.15, 0.2) is 24.3 Å². The van der Waals surface area contributed by atoms with Crippen LogP contribution < -0.4 is 9.64 Å². The number of nitrogens with zero attached hydrogens (tertiary/aromatic N) is 1. The van der Waals surface area contributed by atoms with Crippen molar-refractivity contribution in [2.24, 2.45) is 5.92 Å². The Hall–Kier alpha value is -2.53. The molecular formula is C30H39NO4. The van der Waals surface area contributed by atoms with Crippen LogP contribution in [0.3, 0.4) is 0 Å². The summed E-state index contributed by atoms with van der Waals surface area (Å²) in [4.78, 5) is 15.4. The van der Waals surface area contributed by atoms with E-state index < -0.39 is 18.1 Å². The number of fused-ring (bicyclic) bond motifs is 2. The Morgan fingerprint density at radius 2 is 1.91 bits per heavy atom. The number of ether oxygens (including phenoxy) is 2. The Morgan fingerprint density at radius 1 is 1.20 bits per heavy atom. The van der Waals surface area contributed by atoms with E-state index in [4.69, 9.17) is 9.47 Å². The lowest BCUT2D eigenvalue weighted by Crippen LogP contribution is -2.38. The normalized spacial score (nSPS) is 25.2. The van der Waals surface area contributed by atoms with Gasteiger partial charge in [-0.15, -0.1) is 0 Å². The average Bonchev–Trinajstić information content (AvgIpc) is 3.13. The van der Waals surface area contributed by atoms with Gasteiger partial charge in [-0.05, 0) is 61.8 Å². The molecule has 2 aromatic rings. The number of hydrogen-bond acceptors (Lipinski definition) is 5. The number of esters is 1. The molecule has 1 fully saturated rings. The first-order valence-corrected chi connectivity index (χ1v) is 13.2. The molecule has 1 N–H and O–H groups in total. The molecule has 0 aromatic heterocycles. The summed E-state index contributed by atoms with van der Waals surface area (Å²) in [5, 5.41) is 10.9. The van der Waals surface area contributed by atoms with Crippen molar-refractivity contribution in [2.75, 3.05) is 11.4 Å². The van der Waals surface area contributed by atoms with Gasteiger partial charge >= 0.3 is 5.97 Å². The first kappa shape index (κ1) is 24.2. The molecule has 3 aliphatic heterocycles. The molecule has 3 heterocycles. The summed E-state index contributed by atoms with van der Waals surface area (Å²) in [6.45, 7) is 14.6. The second-order valence-corrected chi connectivity index (χ2v) is 11.5. The number of aliphatic hydroxyl groups excluding tert-OH is 1. The van der Waals surface area contributed by atoms with E-state index in [1.165, 1.54) is 33.5 Å². The molecule has 3 atom stereocenters. The predicted octanol–water partition coefficient (Wildman–Crippen LogP) is 5.77. The minimum Gasteiger partial charge on any atom is -0.487 e. The zero-order valence-electron chi connectivity index (χ0n) is 22.0. The van der Waals surface area contributed by atoms with Crippen LogP contribution >= 0.6 is 0 Å². The molecular weight excluding hydrogens is 438 g/mol. The maximum absolute atomic E-state index is 12.9. The number of rotatable bonds is 4. The van der Waals surface area contributed by atoms with Gasteiger partial charge in [0.1, 0.15) is 17.5 Å². The van der Waals surface area contributed by atoms with Crippen molar-refractivity contribution in [1.82, 2.24) is 0 Å². The monoisotopic (exact) mass is 477 g/mol. The number of carbonyl (C=O) groups excluding carboxylic acids is 1. The maximum atomic E-state index is 12.9. The topological polar surface area (TPSA) is 59.0 Å². The highest BCUT2D eigenvalue weighted by atomic mass is 16.6. The fourth-order valence-electron chi connectivity index (χ4n) is 6.43. The van der Waals surface area contributed by atoms with Crippen molar-refractivity contribution >= 4 is 11.7 Å². The lowest BCUT2D eigenvalue weighted by Gasteiger charge is -2.39. The van der Waals surface area contributed by atoms with E-state index in [0.717, 1.165) is 37.2 Å². The van der Waals surface area contributed by atoms with Gasteiger partial charge in [-0.1, -0.05) is 45.0 Å². The molecule has 1 saturated heterocycles. The molecule has 0 spiro atoms. The molecule has 3 aliphatic rings. The summed E-state index contributed by atoms with van der Waals surface area (Å²) >= 11 is 0. The average molecular weight is 478 g/mol. The van der Waals surface area contributed by atoms with E-state index in [0.29, 0.717) is 12.8 Å². The highest BCUT2D eigenvalue weighted by molar-refractivity contribution is 5.76. The molecule has 2 aromatic carbocycles. The first-order chi connectivity index (χ1) is 16.6. The van der Waals surface area contributed by atoms with Gasteiger partial charge in [0.2, 0.25) is 0 Å². The fourth-order valence-corrected chi connectivity index (χ4v) is 6.43. The van der Waals surface area contributed by atoms with Crippen LogP contribution in [-0.2, 0) is 28.9 Å². The number of hydrogen-bond donors (Lipinski definition) is 1. The molecule has 3 unspecified atom stereocenters. The van der Waals surface area contributed by atoms with Gasteiger partial charge in [0.15, 0.2) is 0 Å². The lowest BCUT2D eigenvalue weighted by atomic mass is 9.81. The lowest BCUT2D eigenvalue weighted by molar-refractivity contribution is -0.170. The van der Waals surface area contributed by atoms with E-state index in [1.807, 2.05) is 6.92 Å². The standard InChI is InChI=1S/C30H39NO4/c1-7-21-23(32)14-24(34-29(21)33)26-25(17(2)3)27(18(4)22-15-30(5,6)35-28(22)26)31-13-12-19-10-8-9-11-20(19)16-31/h8-11,17,21,23-24,32H,7,12-16H2,1-6H3. The van der Waals surface area contributed by atoms with Crippen LogP contribution in [0.2, 0.25) is 0 Å². The van der Waals surface area contributed by atoms with Gasteiger partial charge in [0.05, 0.1) is 12.0 Å². The van der Waals surface area contributed by atoms with Crippen LogP contribution in [-0.4, -0.2) is 29.3 Å². The van der Waals surface area contributed by atoms with Crippen LogP contribution in [0.5, 0.6) is 5.75 Å². The minimum absolute atomic E-state index is 0.202. The Balaban J connectivity index is 1.69. The van der Waals surface area contributed by atoms with Crippen LogP contribution in [0.25, 0.3) is 0 Å². The van der Waals surface area contributed by atoms with E-state index in [1.54, 1.807) is 0 Å². The SMILES string of the molecule is CCC1C(=O)OC(c2c3c(c(C)c(N4CCc5ccccc5C4)c2C(C)C)CC(C)(C)O3)CC1O. The second kappa shape index (κ2) is 8.85. The predicted molar refractivity (Wildman–Crippen MR) is 138 cm³/mol. The van der Waals surface area contributed by atoms with Gasteiger partial charge in [-0.25, -0.2) is 0 Å². The van der Waals surface area contributed by atoms with E-state index in [9.17, 15) is 9.90 Å². The number of cyclic esters (lactones) is 1. The van der Waals surface area contributed by atoms with Crippen molar-refractivity contribution in [3.8, 4) is 5.75 Å². The van der Waals surface area contributed by atoms with Crippen molar-refractivity contribution in [3.05, 3.63) is 57.6 Å². The highest BCUT2D eigenvalue weighted by Gasteiger charge is 2.44. The van der Waals surface area contributed by atoms with Crippen molar-refractivity contribution in [1.29, 1.82) is 0 Å². The molecule has 0 saturated carbocycles. The zero-order valence-corrected chi connectivity index (χ0v) is 22.0. The summed E-state index contributed by atoms with van der Waals surface area (Å²) in [7, 11) is 0. The molecule has 0 aliphatic carbocycles. The van der Waals surface area contributed by atoms with Gasteiger partial charge in [-0.2, -0.15) is 0 Å². The van der Waals surface area contributed by atoms with Crippen LogP contribution in [0.1, 0.15) is 92.9 Å². The van der Waals surface area contributed by atoms with Gasteiger partial charge < -0.3 is 19.5 Å². The van der Waals surface area contributed by atoms with E-state index >= 15 is 0 Å². The third-order valence-electron chi connectivity index (χ3n) is 8.12. The summed E-state index contributed by atoms with van der Waals surface area (Å²) in [6.07, 6.45) is 1.61. The Kier molecular flexibility index (Phi) is 6.11. The molecule has 0 radical (unpaired) electrons.